The summed E-state index contributed by atoms with van der Waals surface area (Å²) in [6.45, 7) is 1.01. The van der Waals surface area contributed by atoms with Crippen LogP contribution in [0.15, 0.2) is 49.1 Å². The minimum atomic E-state index is -0.429. The summed E-state index contributed by atoms with van der Waals surface area (Å²) in [4.78, 5) is 20.3. The zero-order chi connectivity index (χ0) is 17.1. The van der Waals surface area contributed by atoms with Gasteiger partial charge in [0.1, 0.15) is 25.4 Å². The number of carbonyl (C=O) groups excluding carboxylic acids is 1. The van der Waals surface area contributed by atoms with Crippen molar-refractivity contribution in [2.75, 3.05) is 23.8 Å². The molecule has 1 aliphatic rings. The fourth-order valence-electron chi connectivity index (χ4n) is 2.34. The normalized spacial score (nSPS) is 12.5. The highest BCUT2D eigenvalue weighted by atomic mass is 16.6. The third kappa shape index (κ3) is 3.34. The van der Waals surface area contributed by atoms with E-state index in [0.717, 1.165) is 0 Å². The molecule has 0 unspecified atom stereocenters. The van der Waals surface area contributed by atoms with Crippen LogP contribution in [0.2, 0.25) is 0 Å². The lowest BCUT2D eigenvalue weighted by molar-refractivity contribution is 0.171. The molecule has 2 N–H and O–H groups in total. The van der Waals surface area contributed by atoms with Gasteiger partial charge in [-0.05, 0) is 18.2 Å². The Morgan fingerprint density at radius 2 is 1.96 bits per heavy atom. The van der Waals surface area contributed by atoms with E-state index in [1.54, 1.807) is 47.4 Å². The average Bonchev–Trinajstić information content (AvgIpc) is 3.16. The van der Waals surface area contributed by atoms with Crippen LogP contribution in [0.5, 0.6) is 11.5 Å². The second-order valence-corrected chi connectivity index (χ2v) is 5.15. The van der Waals surface area contributed by atoms with E-state index in [9.17, 15) is 4.79 Å². The predicted octanol–water partition coefficient (Wildman–Crippen LogP) is 2.08. The van der Waals surface area contributed by atoms with E-state index < -0.39 is 6.03 Å². The van der Waals surface area contributed by atoms with Crippen LogP contribution in [0.3, 0.4) is 0 Å². The number of ether oxygens (including phenoxy) is 2. The topological polar surface area (TPSA) is 103 Å². The maximum Gasteiger partial charge on any atom is 0.324 e. The fraction of sp³-hybridized carbons (Fsp3) is 0.125. The Balaban J connectivity index is 1.45. The van der Waals surface area contributed by atoms with Gasteiger partial charge in [0.2, 0.25) is 0 Å². The molecule has 0 saturated heterocycles. The van der Waals surface area contributed by atoms with Crippen LogP contribution in [0, 0.1) is 0 Å². The SMILES string of the molecule is O=C(Nc1ccc2c(c1)OCCO2)Nc1cc(-n2cccn2)ncn1. The summed E-state index contributed by atoms with van der Waals surface area (Å²) < 4.78 is 12.5. The molecule has 0 bridgehead atoms. The molecule has 0 fully saturated rings. The Morgan fingerprint density at radius 3 is 2.80 bits per heavy atom. The third-order valence-electron chi connectivity index (χ3n) is 3.43. The van der Waals surface area contributed by atoms with Crippen molar-refractivity contribution < 1.29 is 14.3 Å². The number of nitrogens with zero attached hydrogens (tertiary/aromatic N) is 4. The van der Waals surface area contributed by atoms with Gasteiger partial charge < -0.3 is 14.8 Å². The number of nitrogens with one attached hydrogen (secondary N) is 2. The van der Waals surface area contributed by atoms with E-state index >= 15 is 0 Å². The molecular formula is C16H14N6O3. The van der Waals surface area contributed by atoms with E-state index in [2.05, 4.69) is 25.7 Å². The summed E-state index contributed by atoms with van der Waals surface area (Å²) in [6, 6.07) is 8.18. The molecule has 2 amide bonds. The van der Waals surface area contributed by atoms with E-state index in [1.165, 1.54) is 6.33 Å². The molecule has 2 aromatic heterocycles. The number of rotatable bonds is 3. The van der Waals surface area contributed by atoms with Gasteiger partial charge in [-0.25, -0.2) is 19.4 Å². The Morgan fingerprint density at radius 1 is 1.08 bits per heavy atom. The van der Waals surface area contributed by atoms with Crippen molar-refractivity contribution in [3.8, 4) is 17.3 Å². The van der Waals surface area contributed by atoms with Gasteiger partial charge in [-0.3, -0.25) is 5.32 Å². The van der Waals surface area contributed by atoms with Crippen LogP contribution >= 0.6 is 0 Å². The van der Waals surface area contributed by atoms with Gasteiger partial charge in [0, 0.05) is 30.2 Å². The zero-order valence-corrected chi connectivity index (χ0v) is 13.0. The highest BCUT2D eigenvalue weighted by Gasteiger charge is 2.13. The highest BCUT2D eigenvalue weighted by molar-refractivity contribution is 5.99. The predicted molar refractivity (Wildman–Crippen MR) is 89.2 cm³/mol. The molecule has 0 aliphatic carbocycles. The van der Waals surface area contributed by atoms with Crippen LogP contribution in [0.4, 0.5) is 16.3 Å². The van der Waals surface area contributed by atoms with Gasteiger partial charge in [-0.2, -0.15) is 5.10 Å². The molecular weight excluding hydrogens is 324 g/mol. The Labute approximate surface area is 142 Å². The van der Waals surface area contributed by atoms with E-state index in [0.29, 0.717) is 42.0 Å². The average molecular weight is 338 g/mol. The van der Waals surface area contributed by atoms with Crippen LogP contribution in [-0.4, -0.2) is 39.0 Å². The molecule has 1 aromatic carbocycles. The smallest absolute Gasteiger partial charge is 0.324 e. The van der Waals surface area contributed by atoms with E-state index in [1.807, 2.05) is 0 Å². The van der Waals surface area contributed by atoms with Crippen molar-refractivity contribution in [2.24, 2.45) is 0 Å². The summed E-state index contributed by atoms with van der Waals surface area (Å²) in [5, 5.41) is 9.47. The molecule has 0 saturated carbocycles. The lowest BCUT2D eigenvalue weighted by Gasteiger charge is -2.19. The summed E-state index contributed by atoms with van der Waals surface area (Å²) in [5.74, 6) is 2.18. The summed E-state index contributed by atoms with van der Waals surface area (Å²) in [5.41, 5.74) is 0.586. The van der Waals surface area contributed by atoms with Crippen LogP contribution in [0.1, 0.15) is 0 Å². The second-order valence-electron chi connectivity index (χ2n) is 5.15. The number of anilines is 2. The standard InChI is InChI=1S/C16H14N6O3/c23-16(20-11-2-3-12-13(8-11)25-7-6-24-12)21-14-9-15(18-10-17-14)22-5-1-4-19-22/h1-5,8-10H,6-7H2,(H2,17,18,20,21,23). The quantitative estimate of drug-likeness (QED) is 0.758. The molecule has 0 radical (unpaired) electrons. The van der Waals surface area contributed by atoms with Gasteiger partial charge in [-0.1, -0.05) is 0 Å². The molecule has 3 heterocycles. The maximum atomic E-state index is 12.2. The lowest BCUT2D eigenvalue weighted by atomic mass is 10.2. The molecule has 126 valence electrons. The van der Waals surface area contributed by atoms with Gasteiger partial charge in [0.25, 0.3) is 0 Å². The molecule has 9 nitrogen and oxygen atoms in total. The molecule has 0 atom stereocenters. The zero-order valence-electron chi connectivity index (χ0n) is 13.0. The molecule has 0 spiro atoms. The van der Waals surface area contributed by atoms with Crippen molar-refractivity contribution in [1.29, 1.82) is 0 Å². The Kier molecular flexibility index (Phi) is 3.87. The Bertz CT molecular complexity index is 897. The van der Waals surface area contributed by atoms with Crippen LogP contribution in [-0.2, 0) is 0 Å². The highest BCUT2D eigenvalue weighted by Crippen LogP contribution is 2.32. The number of carbonyl (C=O) groups is 1. The largest absolute Gasteiger partial charge is 0.486 e. The van der Waals surface area contributed by atoms with E-state index in [-0.39, 0.29) is 0 Å². The summed E-state index contributed by atoms with van der Waals surface area (Å²) in [6.07, 6.45) is 4.75. The van der Waals surface area contributed by atoms with Crippen molar-refractivity contribution in [2.45, 2.75) is 0 Å². The van der Waals surface area contributed by atoms with Crippen LogP contribution in [0.25, 0.3) is 5.82 Å². The van der Waals surface area contributed by atoms with Gasteiger partial charge >= 0.3 is 6.03 Å². The molecule has 3 aromatic rings. The minimum Gasteiger partial charge on any atom is -0.486 e. The van der Waals surface area contributed by atoms with Crippen molar-refractivity contribution >= 4 is 17.5 Å². The van der Waals surface area contributed by atoms with Gasteiger partial charge in [0.15, 0.2) is 17.3 Å². The first-order valence-corrected chi connectivity index (χ1v) is 7.58. The molecule has 9 heteroatoms. The number of hydrogen-bond donors (Lipinski definition) is 2. The van der Waals surface area contributed by atoms with Crippen molar-refractivity contribution in [3.63, 3.8) is 0 Å². The first-order valence-electron chi connectivity index (χ1n) is 7.58. The number of fused-ring (bicyclic) bond motifs is 1. The van der Waals surface area contributed by atoms with Crippen molar-refractivity contribution in [1.82, 2.24) is 19.7 Å². The maximum absolute atomic E-state index is 12.2. The monoisotopic (exact) mass is 338 g/mol. The number of benzene rings is 1. The first kappa shape index (κ1) is 14.9. The number of aromatic nitrogens is 4. The molecule has 4 rings (SSSR count). The molecule has 25 heavy (non-hydrogen) atoms. The minimum absolute atomic E-state index is 0.357. The Hall–Kier alpha value is -3.62. The number of amides is 2. The lowest BCUT2D eigenvalue weighted by Crippen LogP contribution is -2.21. The summed E-state index contributed by atoms with van der Waals surface area (Å²) >= 11 is 0. The third-order valence-corrected chi connectivity index (χ3v) is 3.43. The van der Waals surface area contributed by atoms with Gasteiger partial charge in [0.05, 0.1) is 0 Å². The number of urea groups is 1. The summed E-state index contributed by atoms with van der Waals surface area (Å²) in [7, 11) is 0. The number of hydrogen-bond acceptors (Lipinski definition) is 6. The first-order chi connectivity index (χ1) is 12.3. The van der Waals surface area contributed by atoms with E-state index in [4.69, 9.17) is 9.47 Å². The fourth-order valence-corrected chi connectivity index (χ4v) is 2.34. The van der Waals surface area contributed by atoms with Gasteiger partial charge in [-0.15, -0.1) is 0 Å². The second kappa shape index (κ2) is 6.48. The van der Waals surface area contributed by atoms with Crippen LogP contribution < -0.4 is 20.1 Å². The van der Waals surface area contributed by atoms with Crippen molar-refractivity contribution in [3.05, 3.63) is 49.1 Å². The molecule has 1 aliphatic heterocycles.